The predicted octanol–water partition coefficient (Wildman–Crippen LogP) is 3.94. The minimum Gasteiger partial charge on any atom is -0.484 e. The third-order valence-electron chi connectivity index (χ3n) is 4.20. The van der Waals surface area contributed by atoms with Crippen LogP contribution in [0.25, 0.3) is 11.0 Å². The molecule has 3 aromatic rings. The third kappa shape index (κ3) is 4.11. The lowest BCUT2D eigenvalue weighted by molar-refractivity contribution is -0.118. The van der Waals surface area contributed by atoms with E-state index in [0.717, 1.165) is 29.5 Å². The van der Waals surface area contributed by atoms with Gasteiger partial charge in [0.25, 0.3) is 5.91 Å². The zero-order valence-electron chi connectivity index (χ0n) is 14.9. The minimum atomic E-state index is -0.389. The van der Waals surface area contributed by atoms with E-state index in [2.05, 4.69) is 12.2 Å². The average molecular weight is 351 g/mol. The molecule has 0 bridgehead atoms. The molecule has 1 amide bonds. The monoisotopic (exact) mass is 351 g/mol. The summed E-state index contributed by atoms with van der Waals surface area (Å²) in [6.45, 7) is 3.94. The van der Waals surface area contributed by atoms with Crippen LogP contribution >= 0.6 is 0 Å². The summed E-state index contributed by atoms with van der Waals surface area (Å²) < 4.78 is 10.8. The summed E-state index contributed by atoms with van der Waals surface area (Å²) in [4.78, 5) is 23.7. The Morgan fingerprint density at radius 2 is 1.81 bits per heavy atom. The summed E-state index contributed by atoms with van der Waals surface area (Å²) in [5, 5.41) is 3.67. The number of anilines is 1. The second-order valence-corrected chi connectivity index (χ2v) is 5.99. The smallest absolute Gasteiger partial charge is 0.336 e. The third-order valence-corrected chi connectivity index (χ3v) is 4.20. The molecule has 0 saturated heterocycles. The average Bonchev–Trinajstić information content (AvgIpc) is 2.66. The van der Waals surface area contributed by atoms with Crippen molar-refractivity contribution >= 4 is 22.6 Å². The molecule has 0 spiro atoms. The van der Waals surface area contributed by atoms with E-state index in [9.17, 15) is 9.59 Å². The van der Waals surface area contributed by atoms with Crippen LogP contribution in [0.4, 0.5) is 5.69 Å². The van der Waals surface area contributed by atoms with E-state index in [4.69, 9.17) is 9.15 Å². The number of aryl methyl sites for hydroxylation is 2. The van der Waals surface area contributed by atoms with Gasteiger partial charge in [-0.1, -0.05) is 26.0 Å². The number of carbonyl (C=O) groups is 1. The molecule has 0 aliphatic rings. The van der Waals surface area contributed by atoms with E-state index in [-0.39, 0.29) is 18.1 Å². The lowest BCUT2D eigenvalue weighted by Crippen LogP contribution is -2.20. The molecular weight excluding hydrogens is 330 g/mol. The Morgan fingerprint density at radius 1 is 1.04 bits per heavy atom. The van der Waals surface area contributed by atoms with Crippen molar-refractivity contribution in [2.24, 2.45) is 0 Å². The lowest BCUT2D eigenvalue weighted by Gasteiger charge is -2.09. The fourth-order valence-corrected chi connectivity index (χ4v) is 2.76. The Hall–Kier alpha value is -3.08. The van der Waals surface area contributed by atoms with Crippen LogP contribution in [0.3, 0.4) is 0 Å². The quantitative estimate of drug-likeness (QED) is 0.683. The number of benzene rings is 2. The molecule has 0 aliphatic heterocycles. The number of fused-ring (bicyclic) bond motifs is 1. The van der Waals surface area contributed by atoms with Crippen molar-refractivity contribution in [1.29, 1.82) is 0 Å². The van der Waals surface area contributed by atoms with Gasteiger partial charge in [0.2, 0.25) is 0 Å². The van der Waals surface area contributed by atoms with Crippen molar-refractivity contribution in [3.63, 3.8) is 0 Å². The fraction of sp³-hybridized carbons (Fsp3) is 0.238. The van der Waals surface area contributed by atoms with Gasteiger partial charge in [-0.05, 0) is 48.2 Å². The normalized spacial score (nSPS) is 10.7. The number of nitrogens with one attached hydrogen (secondary N) is 1. The first-order valence-corrected chi connectivity index (χ1v) is 8.67. The van der Waals surface area contributed by atoms with Crippen LogP contribution in [0.2, 0.25) is 0 Å². The van der Waals surface area contributed by atoms with Gasteiger partial charge in [-0.25, -0.2) is 4.79 Å². The van der Waals surface area contributed by atoms with E-state index in [1.165, 1.54) is 11.6 Å². The molecule has 0 atom stereocenters. The highest BCUT2D eigenvalue weighted by Gasteiger charge is 2.08. The number of rotatable bonds is 6. The SMILES string of the molecule is CCc1ccc(NC(=O)COc2ccc3c(CC)cc(=O)oc3c2)cc1. The second kappa shape index (κ2) is 7.87. The topological polar surface area (TPSA) is 68.5 Å². The van der Waals surface area contributed by atoms with Crippen molar-refractivity contribution in [1.82, 2.24) is 0 Å². The number of hydrogen-bond donors (Lipinski definition) is 1. The molecule has 3 rings (SSSR count). The van der Waals surface area contributed by atoms with Gasteiger partial charge in [-0.3, -0.25) is 4.79 Å². The van der Waals surface area contributed by atoms with E-state index >= 15 is 0 Å². The molecule has 0 radical (unpaired) electrons. The molecule has 2 aromatic carbocycles. The molecule has 5 heteroatoms. The molecular formula is C21H21NO4. The van der Waals surface area contributed by atoms with Crippen LogP contribution in [-0.4, -0.2) is 12.5 Å². The van der Waals surface area contributed by atoms with E-state index in [1.54, 1.807) is 12.1 Å². The molecule has 5 nitrogen and oxygen atoms in total. The van der Waals surface area contributed by atoms with Crippen molar-refractivity contribution in [2.45, 2.75) is 26.7 Å². The maximum absolute atomic E-state index is 12.0. The first-order chi connectivity index (χ1) is 12.6. The standard InChI is InChI=1S/C21H21NO4/c1-3-14-5-7-16(8-6-14)22-20(23)13-25-17-9-10-18-15(4-2)11-21(24)26-19(18)12-17/h5-12H,3-4,13H2,1-2H3,(H,22,23). The van der Waals surface area contributed by atoms with Gasteiger partial charge >= 0.3 is 5.63 Å². The maximum Gasteiger partial charge on any atom is 0.336 e. The highest BCUT2D eigenvalue weighted by atomic mass is 16.5. The Labute approximate surface area is 151 Å². The lowest BCUT2D eigenvalue weighted by atomic mass is 10.1. The van der Waals surface area contributed by atoms with Crippen LogP contribution in [0.1, 0.15) is 25.0 Å². The number of hydrogen-bond acceptors (Lipinski definition) is 4. The van der Waals surface area contributed by atoms with Crippen molar-refractivity contribution in [3.05, 3.63) is 70.1 Å². The summed E-state index contributed by atoms with van der Waals surface area (Å²) >= 11 is 0. The summed E-state index contributed by atoms with van der Waals surface area (Å²) in [5.41, 5.74) is 2.94. The summed E-state index contributed by atoms with van der Waals surface area (Å²) in [6, 6.07) is 14.4. The largest absolute Gasteiger partial charge is 0.484 e. The molecule has 1 N–H and O–H groups in total. The minimum absolute atomic E-state index is 0.126. The zero-order valence-corrected chi connectivity index (χ0v) is 14.9. The highest BCUT2D eigenvalue weighted by molar-refractivity contribution is 5.92. The number of ether oxygens (including phenoxy) is 1. The Bertz CT molecular complexity index is 973. The molecule has 134 valence electrons. The van der Waals surface area contributed by atoms with E-state index in [0.29, 0.717) is 11.3 Å². The first-order valence-electron chi connectivity index (χ1n) is 8.67. The van der Waals surface area contributed by atoms with Gasteiger partial charge in [0, 0.05) is 23.2 Å². The van der Waals surface area contributed by atoms with Gasteiger partial charge in [0.1, 0.15) is 11.3 Å². The van der Waals surface area contributed by atoms with Gasteiger partial charge in [-0.15, -0.1) is 0 Å². The van der Waals surface area contributed by atoms with E-state index in [1.807, 2.05) is 37.3 Å². The maximum atomic E-state index is 12.0. The molecule has 0 aliphatic carbocycles. The Kier molecular flexibility index (Phi) is 5.37. The second-order valence-electron chi connectivity index (χ2n) is 5.99. The van der Waals surface area contributed by atoms with Gasteiger partial charge in [0.05, 0.1) is 0 Å². The number of amides is 1. The Morgan fingerprint density at radius 3 is 2.50 bits per heavy atom. The van der Waals surface area contributed by atoms with Crippen LogP contribution in [0, 0.1) is 0 Å². The molecule has 0 saturated carbocycles. The summed E-state index contributed by atoms with van der Waals surface area (Å²) in [7, 11) is 0. The predicted molar refractivity (Wildman–Crippen MR) is 102 cm³/mol. The first kappa shape index (κ1) is 17.7. The van der Waals surface area contributed by atoms with Gasteiger partial charge in [-0.2, -0.15) is 0 Å². The molecule has 26 heavy (non-hydrogen) atoms. The Balaban J connectivity index is 1.66. The van der Waals surface area contributed by atoms with Gasteiger partial charge in [0.15, 0.2) is 6.61 Å². The summed E-state index contributed by atoms with van der Waals surface area (Å²) in [5.74, 6) is 0.225. The van der Waals surface area contributed by atoms with Crippen molar-refractivity contribution in [3.8, 4) is 5.75 Å². The van der Waals surface area contributed by atoms with Crippen LogP contribution in [-0.2, 0) is 17.6 Å². The zero-order chi connectivity index (χ0) is 18.5. The van der Waals surface area contributed by atoms with Crippen molar-refractivity contribution < 1.29 is 13.9 Å². The molecule has 0 unspecified atom stereocenters. The molecule has 1 heterocycles. The van der Waals surface area contributed by atoms with E-state index < -0.39 is 0 Å². The summed E-state index contributed by atoms with van der Waals surface area (Å²) in [6.07, 6.45) is 1.69. The molecule has 1 aromatic heterocycles. The van der Waals surface area contributed by atoms with Crippen LogP contribution in [0.15, 0.2) is 57.7 Å². The van der Waals surface area contributed by atoms with Crippen LogP contribution in [0.5, 0.6) is 5.75 Å². The number of carbonyl (C=O) groups excluding carboxylic acids is 1. The van der Waals surface area contributed by atoms with Crippen molar-refractivity contribution in [2.75, 3.05) is 11.9 Å². The van der Waals surface area contributed by atoms with Gasteiger partial charge < -0.3 is 14.5 Å². The van der Waals surface area contributed by atoms with Crippen LogP contribution < -0.4 is 15.7 Å². The molecule has 0 fully saturated rings. The highest BCUT2D eigenvalue weighted by Crippen LogP contribution is 2.23. The fourth-order valence-electron chi connectivity index (χ4n) is 2.76.